The lowest BCUT2D eigenvalue weighted by molar-refractivity contribution is 0.261. The highest BCUT2D eigenvalue weighted by Crippen LogP contribution is 2.49. The van der Waals surface area contributed by atoms with Crippen LogP contribution in [0.3, 0.4) is 0 Å². The van der Waals surface area contributed by atoms with Gasteiger partial charge in [0.1, 0.15) is 5.75 Å². The Bertz CT molecular complexity index is 474. The number of nitrogens with zero attached hydrogens (tertiary/aromatic N) is 2. The fraction of sp³-hybridized carbons (Fsp3) is 0.500. The molecule has 92 valence electrons. The molecular weight excluding hydrogens is 223 g/mol. The Balaban J connectivity index is 1.72. The van der Waals surface area contributed by atoms with Crippen LogP contribution in [-0.4, -0.2) is 24.9 Å². The third kappa shape index (κ3) is 1.94. The standard InChI is InChI=1S/C14H17BN2O/c16-11-15-8-14(9-15)6-1-7-17(10-14)12-2-4-13(18)5-3-12/h2-5,18H,1,6-10H2. The Morgan fingerprint density at radius 2 is 2.00 bits per heavy atom. The number of phenolic OH excluding ortho intramolecular Hbond substituents is 1. The van der Waals surface area contributed by atoms with Gasteiger partial charge in [-0.1, -0.05) is 12.6 Å². The summed E-state index contributed by atoms with van der Waals surface area (Å²) in [5.74, 6) is 2.70. The summed E-state index contributed by atoms with van der Waals surface area (Å²) < 4.78 is 0. The molecule has 0 aromatic heterocycles. The van der Waals surface area contributed by atoms with Crippen molar-refractivity contribution in [1.29, 1.82) is 5.26 Å². The fourth-order valence-corrected chi connectivity index (χ4v) is 3.50. The van der Waals surface area contributed by atoms with Crippen LogP contribution in [0.15, 0.2) is 24.3 Å². The largest absolute Gasteiger partial charge is 0.508 e. The van der Waals surface area contributed by atoms with E-state index >= 15 is 0 Å². The first-order valence-electron chi connectivity index (χ1n) is 6.64. The van der Waals surface area contributed by atoms with Crippen molar-refractivity contribution in [1.82, 2.24) is 0 Å². The van der Waals surface area contributed by atoms with Crippen molar-refractivity contribution >= 4 is 12.4 Å². The highest BCUT2D eigenvalue weighted by molar-refractivity contribution is 6.70. The smallest absolute Gasteiger partial charge is 0.269 e. The van der Waals surface area contributed by atoms with Crippen LogP contribution in [0.1, 0.15) is 12.8 Å². The molecule has 1 aromatic rings. The van der Waals surface area contributed by atoms with Crippen LogP contribution >= 0.6 is 0 Å². The van der Waals surface area contributed by atoms with E-state index in [0.717, 1.165) is 25.7 Å². The van der Waals surface area contributed by atoms with Gasteiger partial charge in [-0.25, -0.2) is 5.26 Å². The van der Waals surface area contributed by atoms with Gasteiger partial charge in [0, 0.05) is 24.7 Å². The number of nitriles is 1. The van der Waals surface area contributed by atoms with Crippen molar-refractivity contribution in [3.8, 4) is 11.7 Å². The molecule has 2 fully saturated rings. The monoisotopic (exact) mass is 240 g/mol. The molecule has 1 spiro atoms. The molecule has 0 amide bonds. The van der Waals surface area contributed by atoms with Crippen LogP contribution in [0.25, 0.3) is 0 Å². The summed E-state index contributed by atoms with van der Waals surface area (Å²) in [6, 6.07) is 7.45. The minimum absolute atomic E-state index is 0.282. The molecule has 2 heterocycles. The lowest BCUT2D eigenvalue weighted by Crippen LogP contribution is -2.52. The van der Waals surface area contributed by atoms with E-state index in [9.17, 15) is 5.11 Å². The molecule has 0 unspecified atom stereocenters. The van der Waals surface area contributed by atoms with Crippen LogP contribution in [0.5, 0.6) is 5.75 Å². The molecule has 2 aliphatic heterocycles. The van der Waals surface area contributed by atoms with Crippen molar-refractivity contribution in [2.75, 3.05) is 18.0 Å². The minimum Gasteiger partial charge on any atom is -0.508 e. The molecule has 18 heavy (non-hydrogen) atoms. The summed E-state index contributed by atoms with van der Waals surface area (Å²) in [4.78, 5) is 2.40. The molecule has 1 N–H and O–H groups in total. The van der Waals surface area contributed by atoms with Gasteiger partial charge in [-0.05, 0) is 42.5 Å². The van der Waals surface area contributed by atoms with Gasteiger partial charge in [-0.3, -0.25) is 0 Å². The van der Waals surface area contributed by atoms with Crippen molar-refractivity contribution in [3.63, 3.8) is 0 Å². The topological polar surface area (TPSA) is 47.3 Å². The molecule has 0 aliphatic carbocycles. The highest BCUT2D eigenvalue weighted by atomic mass is 16.3. The lowest BCUT2D eigenvalue weighted by atomic mass is 9.26. The molecule has 0 saturated carbocycles. The van der Waals surface area contributed by atoms with Crippen LogP contribution < -0.4 is 4.90 Å². The molecule has 0 bridgehead atoms. The van der Waals surface area contributed by atoms with Crippen LogP contribution in [0.4, 0.5) is 5.69 Å². The van der Waals surface area contributed by atoms with Crippen LogP contribution in [0, 0.1) is 16.6 Å². The zero-order chi connectivity index (χ0) is 12.6. The number of hydrogen-bond acceptors (Lipinski definition) is 3. The Kier molecular flexibility index (Phi) is 2.70. The average molecular weight is 240 g/mol. The fourth-order valence-electron chi connectivity index (χ4n) is 3.50. The SMILES string of the molecule is N#CB1CC2(CCCN(c3ccc(O)cc3)C2)C1. The predicted molar refractivity (Wildman–Crippen MR) is 73.0 cm³/mol. The summed E-state index contributed by atoms with van der Waals surface area (Å²) in [7, 11) is 0. The third-order valence-electron chi connectivity index (χ3n) is 4.42. The van der Waals surface area contributed by atoms with E-state index in [1.54, 1.807) is 12.1 Å². The Morgan fingerprint density at radius 3 is 2.67 bits per heavy atom. The van der Waals surface area contributed by atoms with Gasteiger partial charge in [0.15, 0.2) is 0 Å². The molecule has 2 saturated heterocycles. The summed E-state index contributed by atoms with van der Waals surface area (Å²) in [6.07, 6.45) is 4.61. The highest BCUT2D eigenvalue weighted by Gasteiger charge is 2.48. The number of hydrogen-bond donors (Lipinski definition) is 1. The second kappa shape index (κ2) is 4.24. The van der Waals surface area contributed by atoms with E-state index in [2.05, 4.69) is 10.9 Å². The quantitative estimate of drug-likeness (QED) is 0.767. The number of anilines is 1. The molecular formula is C14H17BN2O. The van der Waals surface area contributed by atoms with E-state index in [0.29, 0.717) is 11.2 Å². The van der Waals surface area contributed by atoms with Gasteiger partial charge in [-0.2, -0.15) is 0 Å². The first-order valence-corrected chi connectivity index (χ1v) is 6.64. The summed E-state index contributed by atoms with van der Waals surface area (Å²) in [5.41, 5.74) is 1.57. The maximum Gasteiger partial charge on any atom is 0.269 e. The zero-order valence-corrected chi connectivity index (χ0v) is 10.5. The first-order chi connectivity index (χ1) is 8.71. The molecule has 1 aromatic carbocycles. The molecule has 0 atom stereocenters. The number of phenols is 1. The molecule has 0 radical (unpaired) electrons. The maximum absolute atomic E-state index is 9.33. The van der Waals surface area contributed by atoms with Crippen LogP contribution in [-0.2, 0) is 0 Å². The molecule has 3 rings (SSSR count). The second-order valence-corrected chi connectivity index (χ2v) is 5.78. The summed E-state index contributed by atoms with van der Waals surface area (Å²) >= 11 is 0. The van der Waals surface area contributed by atoms with Gasteiger partial charge in [0.05, 0.1) is 0 Å². The van der Waals surface area contributed by atoms with Crippen molar-refractivity contribution in [2.24, 2.45) is 5.41 Å². The lowest BCUT2D eigenvalue weighted by Gasteiger charge is -2.50. The van der Waals surface area contributed by atoms with E-state index in [1.165, 1.54) is 18.5 Å². The van der Waals surface area contributed by atoms with E-state index in [4.69, 9.17) is 5.26 Å². The van der Waals surface area contributed by atoms with Crippen molar-refractivity contribution in [2.45, 2.75) is 25.5 Å². The Morgan fingerprint density at radius 1 is 1.28 bits per heavy atom. The van der Waals surface area contributed by atoms with E-state index in [1.807, 2.05) is 12.1 Å². The van der Waals surface area contributed by atoms with Crippen LogP contribution in [0.2, 0.25) is 12.6 Å². The van der Waals surface area contributed by atoms with Gasteiger partial charge >= 0.3 is 0 Å². The third-order valence-corrected chi connectivity index (χ3v) is 4.42. The first kappa shape index (κ1) is 11.5. The van der Waals surface area contributed by atoms with E-state index < -0.39 is 0 Å². The normalized spacial score (nSPS) is 21.5. The zero-order valence-electron chi connectivity index (χ0n) is 10.5. The Hall–Kier alpha value is -1.63. The average Bonchev–Trinajstić information content (AvgIpc) is 2.37. The number of aromatic hydroxyl groups is 1. The predicted octanol–water partition coefficient (Wildman–Crippen LogP) is 2.55. The Labute approximate surface area is 108 Å². The van der Waals surface area contributed by atoms with Gasteiger partial charge in [0.25, 0.3) is 6.71 Å². The second-order valence-electron chi connectivity index (χ2n) is 5.78. The summed E-state index contributed by atoms with van der Waals surface area (Å²) in [5, 5.41) is 18.2. The molecule has 2 aliphatic rings. The number of piperidine rings is 1. The number of rotatable bonds is 1. The summed E-state index contributed by atoms with van der Waals surface area (Å²) in [6.45, 7) is 2.43. The molecule has 4 heteroatoms. The van der Waals surface area contributed by atoms with Crippen molar-refractivity contribution < 1.29 is 5.11 Å². The van der Waals surface area contributed by atoms with Gasteiger partial charge < -0.3 is 10.0 Å². The van der Waals surface area contributed by atoms with Gasteiger partial charge in [0.2, 0.25) is 0 Å². The maximum atomic E-state index is 9.33. The van der Waals surface area contributed by atoms with Gasteiger partial charge in [-0.15, -0.1) is 0 Å². The minimum atomic E-state index is 0.282. The van der Waals surface area contributed by atoms with E-state index in [-0.39, 0.29) is 6.71 Å². The molecule has 3 nitrogen and oxygen atoms in total. The van der Waals surface area contributed by atoms with Crippen molar-refractivity contribution in [3.05, 3.63) is 24.3 Å². The number of benzene rings is 1.